The second-order valence-electron chi connectivity index (χ2n) is 5.32. The Balaban J connectivity index is 1.83. The van der Waals surface area contributed by atoms with Gasteiger partial charge in [-0.2, -0.15) is 0 Å². The molecule has 3 rings (SSSR count). The van der Waals surface area contributed by atoms with E-state index in [2.05, 4.69) is 0 Å². The fraction of sp³-hybridized carbons (Fsp3) is 0.769. The zero-order valence-electron chi connectivity index (χ0n) is 11.0. The van der Waals surface area contributed by atoms with Gasteiger partial charge in [-0.15, -0.1) is 0 Å². The van der Waals surface area contributed by atoms with E-state index < -0.39 is 12.0 Å². The summed E-state index contributed by atoms with van der Waals surface area (Å²) < 4.78 is 10.5. The van der Waals surface area contributed by atoms with Gasteiger partial charge < -0.3 is 9.47 Å². The van der Waals surface area contributed by atoms with Crippen LogP contribution in [0.2, 0.25) is 0 Å². The van der Waals surface area contributed by atoms with Crippen molar-refractivity contribution in [1.82, 2.24) is 4.90 Å². The minimum Gasteiger partial charge on any atom is -0.464 e. The number of imide groups is 1. The molecule has 19 heavy (non-hydrogen) atoms. The first kappa shape index (κ1) is 12.6. The standard InChI is InChI=1S/C13H17NO5/c1-3-18-13(17)6(2)14-11(15)9-7-4-5-8(19-7)10(9)12(14)16/h6-10H,3-5H2,1-2H3. The predicted octanol–water partition coefficient (Wildman–Crippen LogP) is 0.100. The van der Waals surface area contributed by atoms with Gasteiger partial charge in [-0.1, -0.05) is 0 Å². The molecular formula is C13H17NO5. The molecule has 0 aromatic carbocycles. The number of ether oxygens (including phenoxy) is 2. The molecule has 0 N–H and O–H groups in total. The van der Waals surface area contributed by atoms with Gasteiger partial charge in [0.05, 0.1) is 30.7 Å². The molecule has 5 unspecified atom stereocenters. The Morgan fingerprint density at radius 3 is 2.32 bits per heavy atom. The molecule has 0 saturated carbocycles. The molecule has 3 aliphatic heterocycles. The van der Waals surface area contributed by atoms with E-state index in [4.69, 9.17) is 9.47 Å². The van der Waals surface area contributed by atoms with Gasteiger partial charge in [0, 0.05) is 0 Å². The van der Waals surface area contributed by atoms with Crippen LogP contribution in [0.5, 0.6) is 0 Å². The molecule has 6 nitrogen and oxygen atoms in total. The summed E-state index contributed by atoms with van der Waals surface area (Å²) in [6, 6.07) is -0.843. The monoisotopic (exact) mass is 267 g/mol. The second-order valence-corrected chi connectivity index (χ2v) is 5.32. The smallest absolute Gasteiger partial charge is 0.329 e. The van der Waals surface area contributed by atoms with Crippen LogP contribution in [0.4, 0.5) is 0 Å². The van der Waals surface area contributed by atoms with Crippen LogP contribution in [-0.2, 0) is 23.9 Å². The summed E-state index contributed by atoms with van der Waals surface area (Å²) in [6.07, 6.45) is 1.36. The van der Waals surface area contributed by atoms with Gasteiger partial charge in [-0.3, -0.25) is 14.5 Å². The molecule has 3 saturated heterocycles. The van der Waals surface area contributed by atoms with E-state index in [0.717, 1.165) is 17.7 Å². The van der Waals surface area contributed by atoms with Crippen molar-refractivity contribution in [2.24, 2.45) is 11.8 Å². The lowest BCUT2D eigenvalue weighted by atomic mass is 9.81. The third kappa shape index (κ3) is 1.62. The summed E-state index contributed by atoms with van der Waals surface area (Å²) in [5.41, 5.74) is 0. The molecule has 104 valence electrons. The van der Waals surface area contributed by atoms with Gasteiger partial charge in [0.15, 0.2) is 0 Å². The maximum absolute atomic E-state index is 12.4. The first-order chi connectivity index (χ1) is 9.06. The highest BCUT2D eigenvalue weighted by Gasteiger charge is 2.63. The molecule has 5 atom stereocenters. The number of esters is 1. The zero-order chi connectivity index (χ0) is 13.7. The summed E-state index contributed by atoms with van der Waals surface area (Å²) in [5.74, 6) is -1.85. The van der Waals surface area contributed by atoms with Crippen molar-refractivity contribution in [3.05, 3.63) is 0 Å². The molecule has 0 spiro atoms. The number of fused-ring (bicyclic) bond motifs is 5. The largest absolute Gasteiger partial charge is 0.464 e. The lowest BCUT2D eigenvalue weighted by Gasteiger charge is -2.22. The average Bonchev–Trinajstić information content (AvgIpc) is 3.03. The van der Waals surface area contributed by atoms with Gasteiger partial charge >= 0.3 is 5.97 Å². The maximum Gasteiger partial charge on any atom is 0.329 e. The maximum atomic E-state index is 12.4. The van der Waals surface area contributed by atoms with Crippen molar-refractivity contribution in [2.45, 2.75) is 44.9 Å². The van der Waals surface area contributed by atoms with Crippen LogP contribution < -0.4 is 0 Å². The molecule has 0 radical (unpaired) electrons. The Bertz CT molecular complexity index is 420. The number of rotatable bonds is 3. The van der Waals surface area contributed by atoms with Crippen molar-refractivity contribution in [2.75, 3.05) is 6.61 Å². The highest BCUT2D eigenvalue weighted by Crippen LogP contribution is 2.48. The van der Waals surface area contributed by atoms with Crippen LogP contribution in [0.25, 0.3) is 0 Å². The molecule has 2 amide bonds. The number of carbonyl (C=O) groups excluding carboxylic acids is 3. The first-order valence-electron chi connectivity index (χ1n) is 6.75. The molecule has 3 fully saturated rings. The molecular weight excluding hydrogens is 250 g/mol. The fourth-order valence-corrected chi connectivity index (χ4v) is 3.49. The van der Waals surface area contributed by atoms with Crippen LogP contribution in [-0.4, -0.2) is 47.5 Å². The van der Waals surface area contributed by atoms with Gasteiger partial charge in [-0.05, 0) is 26.7 Å². The average molecular weight is 267 g/mol. The number of amides is 2. The summed E-state index contributed by atoms with van der Waals surface area (Å²) in [5, 5.41) is 0. The van der Waals surface area contributed by atoms with Crippen molar-refractivity contribution in [3.63, 3.8) is 0 Å². The lowest BCUT2D eigenvalue weighted by Crippen LogP contribution is -2.45. The number of hydrogen-bond acceptors (Lipinski definition) is 5. The summed E-state index contributed by atoms with van der Waals surface area (Å²) >= 11 is 0. The Morgan fingerprint density at radius 2 is 1.84 bits per heavy atom. The SMILES string of the molecule is CCOC(=O)C(C)N1C(=O)C2C3CCC(O3)C2C1=O. The van der Waals surface area contributed by atoms with Crippen molar-refractivity contribution >= 4 is 17.8 Å². The Hall–Kier alpha value is -1.43. The van der Waals surface area contributed by atoms with E-state index >= 15 is 0 Å². The summed E-state index contributed by atoms with van der Waals surface area (Å²) in [7, 11) is 0. The van der Waals surface area contributed by atoms with E-state index in [1.54, 1.807) is 6.92 Å². The van der Waals surface area contributed by atoms with Crippen molar-refractivity contribution < 1.29 is 23.9 Å². The summed E-state index contributed by atoms with van der Waals surface area (Å²) in [4.78, 5) is 37.5. The minimum atomic E-state index is -0.843. The topological polar surface area (TPSA) is 72.9 Å². The number of nitrogens with zero attached hydrogens (tertiary/aromatic N) is 1. The number of likely N-dealkylation sites (tertiary alicyclic amines) is 1. The van der Waals surface area contributed by atoms with Crippen LogP contribution in [0.3, 0.4) is 0 Å². The molecule has 3 aliphatic rings. The highest BCUT2D eigenvalue weighted by molar-refractivity contribution is 6.08. The molecule has 0 aromatic heterocycles. The minimum absolute atomic E-state index is 0.147. The third-order valence-electron chi connectivity index (χ3n) is 4.33. The van der Waals surface area contributed by atoms with Crippen LogP contribution >= 0.6 is 0 Å². The van der Waals surface area contributed by atoms with Gasteiger partial charge in [-0.25, -0.2) is 4.79 Å². The van der Waals surface area contributed by atoms with Crippen molar-refractivity contribution in [3.8, 4) is 0 Å². The Labute approximate surface area is 111 Å². The Kier molecular flexibility index (Phi) is 2.85. The summed E-state index contributed by atoms with van der Waals surface area (Å²) in [6.45, 7) is 3.47. The zero-order valence-corrected chi connectivity index (χ0v) is 11.0. The highest BCUT2D eigenvalue weighted by atomic mass is 16.5. The van der Waals surface area contributed by atoms with Gasteiger partial charge in [0.1, 0.15) is 6.04 Å². The molecule has 0 aromatic rings. The second kappa shape index (κ2) is 4.30. The van der Waals surface area contributed by atoms with E-state index in [-0.39, 0.29) is 42.5 Å². The van der Waals surface area contributed by atoms with E-state index in [0.29, 0.717) is 0 Å². The molecule has 3 heterocycles. The van der Waals surface area contributed by atoms with Crippen LogP contribution in [0.15, 0.2) is 0 Å². The van der Waals surface area contributed by atoms with Crippen LogP contribution in [0, 0.1) is 11.8 Å². The third-order valence-corrected chi connectivity index (χ3v) is 4.33. The van der Waals surface area contributed by atoms with E-state index in [1.807, 2.05) is 0 Å². The van der Waals surface area contributed by atoms with Crippen LogP contribution in [0.1, 0.15) is 26.7 Å². The number of carbonyl (C=O) groups is 3. The Morgan fingerprint density at radius 1 is 1.32 bits per heavy atom. The normalized spacial score (nSPS) is 37.7. The first-order valence-corrected chi connectivity index (χ1v) is 6.75. The lowest BCUT2D eigenvalue weighted by molar-refractivity contribution is -0.159. The predicted molar refractivity (Wildman–Crippen MR) is 62.8 cm³/mol. The van der Waals surface area contributed by atoms with Crippen molar-refractivity contribution in [1.29, 1.82) is 0 Å². The van der Waals surface area contributed by atoms with Gasteiger partial charge in [0.2, 0.25) is 11.8 Å². The molecule has 0 aliphatic carbocycles. The van der Waals surface area contributed by atoms with Gasteiger partial charge in [0.25, 0.3) is 0 Å². The van der Waals surface area contributed by atoms with E-state index in [9.17, 15) is 14.4 Å². The molecule has 2 bridgehead atoms. The quantitative estimate of drug-likeness (QED) is 0.535. The van der Waals surface area contributed by atoms with E-state index in [1.165, 1.54) is 6.92 Å². The number of hydrogen-bond donors (Lipinski definition) is 0. The molecule has 6 heteroatoms. The fourth-order valence-electron chi connectivity index (χ4n) is 3.49.